The van der Waals surface area contributed by atoms with Crippen LogP contribution >= 0.6 is 0 Å². The molecule has 0 bridgehead atoms. The molecule has 0 aliphatic heterocycles. The lowest BCUT2D eigenvalue weighted by Crippen LogP contribution is -2.31. The van der Waals surface area contributed by atoms with Gasteiger partial charge in [-0.1, -0.05) is 24.2 Å². The average Bonchev–Trinajstić information content (AvgIpc) is 2.99. The molecule has 0 radical (unpaired) electrons. The van der Waals surface area contributed by atoms with E-state index in [0.717, 1.165) is 5.56 Å². The van der Waals surface area contributed by atoms with Gasteiger partial charge < -0.3 is 14.2 Å². The Hall–Kier alpha value is -2.37. The molecule has 0 aliphatic rings. The normalized spacial score (nSPS) is 10.5. The van der Waals surface area contributed by atoms with Crippen LogP contribution in [-0.4, -0.2) is 34.6 Å². The smallest absolute Gasteiger partial charge is 0.258 e. The molecule has 6 heteroatoms. The molecule has 1 heterocycles. The zero-order valence-corrected chi connectivity index (χ0v) is 13.4. The van der Waals surface area contributed by atoms with Crippen molar-refractivity contribution in [1.82, 2.24) is 15.0 Å². The zero-order chi connectivity index (χ0) is 16.1. The van der Waals surface area contributed by atoms with Crippen LogP contribution in [0.15, 0.2) is 22.7 Å². The maximum atomic E-state index is 12.8. The minimum atomic E-state index is -0.103. The number of hydrogen-bond acceptors (Lipinski definition) is 5. The van der Waals surface area contributed by atoms with E-state index in [-0.39, 0.29) is 5.91 Å². The number of rotatable bonds is 6. The predicted octanol–water partition coefficient (Wildman–Crippen LogP) is 2.61. The molecule has 0 spiro atoms. The predicted molar refractivity (Wildman–Crippen MR) is 81.8 cm³/mol. The SMILES string of the molecule is CCc1noc(CN(CC)C(=O)c2c(C)cccc2OC)n1. The van der Waals surface area contributed by atoms with Gasteiger partial charge in [0.15, 0.2) is 5.82 Å². The number of aryl methyl sites for hydroxylation is 2. The first-order chi connectivity index (χ1) is 10.6. The molecular weight excluding hydrogens is 282 g/mol. The van der Waals surface area contributed by atoms with Crippen molar-refractivity contribution in [3.05, 3.63) is 41.0 Å². The van der Waals surface area contributed by atoms with E-state index in [1.54, 1.807) is 18.1 Å². The van der Waals surface area contributed by atoms with E-state index in [9.17, 15) is 4.79 Å². The van der Waals surface area contributed by atoms with Crippen LogP contribution in [0.25, 0.3) is 0 Å². The minimum absolute atomic E-state index is 0.103. The summed E-state index contributed by atoms with van der Waals surface area (Å²) >= 11 is 0. The van der Waals surface area contributed by atoms with E-state index in [0.29, 0.717) is 42.5 Å². The molecule has 0 saturated heterocycles. The standard InChI is InChI=1S/C16H21N3O3/c1-5-13-17-14(22-18-13)10-19(6-2)16(20)15-11(3)8-7-9-12(15)21-4/h7-9H,5-6,10H2,1-4H3. The monoisotopic (exact) mass is 303 g/mol. The molecule has 0 N–H and O–H groups in total. The van der Waals surface area contributed by atoms with Crippen LogP contribution in [-0.2, 0) is 13.0 Å². The summed E-state index contributed by atoms with van der Waals surface area (Å²) in [7, 11) is 1.56. The third-order valence-corrected chi connectivity index (χ3v) is 3.49. The van der Waals surface area contributed by atoms with Gasteiger partial charge in [-0.15, -0.1) is 0 Å². The van der Waals surface area contributed by atoms with Crippen LogP contribution in [0.3, 0.4) is 0 Å². The molecule has 0 unspecified atom stereocenters. The topological polar surface area (TPSA) is 68.5 Å². The van der Waals surface area contributed by atoms with E-state index in [1.165, 1.54) is 0 Å². The third kappa shape index (κ3) is 3.27. The molecule has 2 aromatic rings. The molecule has 118 valence electrons. The average molecular weight is 303 g/mol. The molecule has 1 aromatic carbocycles. The largest absolute Gasteiger partial charge is 0.496 e. The fourth-order valence-corrected chi connectivity index (χ4v) is 2.23. The number of ether oxygens (including phenoxy) is 1. The van der Waals surface area contributed by atoms with Crippen LogP contribution in [0, 0.1) is 6.92 Å². The van der Waals surface area contributed by atoms with Gasteiger partial charge in [-0.25, -0.2) is 0 Å². The van der Waals surface area contributed by atoms with Gasteiger partial charge in [-0.05, 0) is 25.5 Å². The fraction of sp³-hybridized carbons (Fsp3) is 0.438. The Morgan fingerprint density at radius 2 is 2.14 bits per heavy atom. The summed E-state index contributed by atoms with van der Waals surface area (Å²) in [4.78, 5) is 18.7. The summed E-state index contributed by atoms with van der Waals surface area (Å²) in [5, 5.41) is 3.86. The maximum absolute atomic E-state index is 12.8. The van der Waals surface area contributed by atoms with Gasteiger partial charge in [0.1, 0.15) is 12.3 Å². The number of aromatic nitrogens is 2. The Bertz CT molecular complexity index is 652. The summed E-state index contributed by atoms with van der Waals surface area (Å²) in [5.74, 6) is 1.56. The van der Waals surface area contributed by atoms with Crippen LogP contribution < -0.4 is 4.74 Å². The van der Waals surface area contributed by atoms with E-state index in [1.807, 2.05) is 32.9 Å². The lowest BCUT2D eigenvalue weighted by Gasteiger charge is -2.21. The first-order valence-electron chi connectivity index (χ1n) is 7.35. The second-order valence-corrected chi connectivity index (χ2v) is 4.93. The number of nitrogens with zero attached hydrogens (tertiary/aromatic N) is 3. The highest BCUT2D eigenvalue weighted by molar-refractivity contribution is 5.98. The molecule has 2 rings (SSSR count). The zero-order valence-electron chi connectivity index (χ0n) is 13.4. The summed E-state index contributed by atoms with van der Waals surface area (Å²) < 4.78 is 10.5. The summed E-state index contributed by atoms with van der Waals surface area (Å²) in [6.45, 7) is 6.60. The molecule has 1 amide bonds. The Kier molecular flexibility index (Phi) is 5.14. The second-order valence-electron chi connectivity index (χ2n) is 4.93. The first-order valence-corrected chi connectivity index (χ1v) is 7.35. The van der Waals surface area contributed by atoms with Gasteiger partial charge in [-0.3, -0.25) is 4.79 Å². The van der Waals surface area contributed by atoms with Crippen molar-refractivity contribution in [3.63, 3.8) is 0 Å². The lowest BCUT2D eigenvalue weighted by molar-refractivity contribution is 0.0730. The van der Waals surface area contributed by atoms with Crippen molar-refractivity contribution in [2.75, 3.05) is 13.7 Å². The maximum Gasteiger partial charge on any atom is 0.258 e. The highest BCUT2D eigenvalue weighted by atomic mass is 16.5. The Morgan fingerprint density at radius 1 is 1.36 bits per heavy atom. The molecule has 22 heavy (non-hydrogen) atoms. The Labute approximate surface area is 130 Å². The summed E-state index contributed by atoms with van der Waals surface area (Å²) in [6.07, 6.45) is 0.704. The summed E-state index contributed by atoms with van der Waals surface area (Å²) in [6, 6.07) is 5.55. The number of carbonyl (C=O) groups excluding carboxylic acids is 1. The van der Waals surface area contributed by atoms with E-state index in [2.05, 4.69) is 10.1 Å². The number of methoxy groups -OCH3 is 1. The second kappa shape index (κ2) is 7.06. The van der Waals surface area contributed by atoms with Crippen LogP contribution in [0.2, 0.25) is 0 Å². The number of amides is 1. The van der Waals surface area contributed by atoms with E-state index < -0.39 is 0 Å². The van der Waals surface area contributed by atoms with Gasteiger partial charge in [-0.2, -0.15) is 4.98 Å². The van der Waals surface area contributed by atoms with E-state index in [4.69, 9.17) is 9.26 Å². The Balaban J connectivity index is 2.25. The van der Waals surface area contributed by atoms with Gasteiger partial charge in [0, 0.05) is 13.0 Å². The molecule has 1 aromatic heterocycles. The molecule has 0 atom stereocenters. The summed E-state index contributed by atoms with van der Waals surface area (Å²) in [5.41, 5.74) is 1.45. The first kappa shape index (κ1) is 16.0. The van der Waals surface area contributed by atoms with Crippen LogP contribution in [0.5, 0.6) is 5.75 Å². The molecule has 0 saturated carbocycles. The van der Waals surface area contributed by atoms with Gasteiger partial charge in [0.25, 0.3) is 5.91 Å². The quantitative estimate of drug-likeness (QED) is 0.820. The van der Waals surface area contributed by atoms with Crippen molar-refractivity contribution in [3.8, 4) is 5.75 Å². The highest BCUT2D eigenvalue weighted by Gasteiger charge is 2.22. The fourth-order valence-electron chi connectivity index (χ4n) is 2.23. The van der Waals surface area contributed by atoms with Crippen molar-refractivity contribution in [2.24, 2.45) is 0 Å². The van der Waals surface area contributed by atoms with Crippen molar-refractivity contribution in [1.29, 1.82) is 0 Å². The van der Waals surface area contributed by atoms with Crippen molar-refractivity contribution < 1.29 is 14.1 Å². The van der Waals surface area contributed by atoms with Crippen LogP contribution in [0.1, 0.15) is 41.5 Å². The van der Waals surface area contributed by atoms with E-state index >= 15 is 0 Å². The van der Waals surface area contributed by atoms with Crippen molar-refractivity contribution >= 4 is 5.91 Å². The molecule has 0 aliphatic carbocycles. The molecular formula is C16H21N3O3. The molecule has 6 nitrogen and oxygen atoms in total. The van der Waals surface area contributed by atoms with Gasteiger partial charge in [0.2, 0.25) is 5.89 Å². The lowest BCUT2D eigenvalue weighted by atomic mass is 10.1. The highest BCUT2D eigenvalue weighted by Crippen LogP contribution is 2.24. The Morgan fingerprint density at radius 3 is 2.73 bits per heavy atom. The van der Waals surface area contributed by atoms with Gasteiger partial charge >= 0.3 is 0 Å². The minimum Gasteiger partial charge on any atom is -0.496 e. The number of carbonyl (C=O) groups is 1. The number of hydrogen-bond donors (Lipinski definition) is 0. The molecule has 0 fully saturated rings. The third-order valence-electron chi connectivity index (χ3n) is 3.49. The van der Waals surface area contributed by atoms with Gasteiger partial charge in [0.05, 0.1) is 12.7 Å². The van der Waals surface area contributed by atoms with Crippen LogP contribution in [0.4, 0.5) is 0 Å². The number of benzene rings is 1. The van der Waals surface area contributed by atoms with Crippen molar-refractivity contribution in [2.45, 2.75) is 33.7 Å².